The van der Waals surface area contributed by atoms with Crippen molar-refractivity contribution in [2.45, 2.75) is 33.8 Å². The molecule has 6 heteroatoms. The van der Waals surface area contributed by atoms with Crippen LogP contribution >= 0.6 is 11.3 Å². The zero-order valence-electron chi connectivity index (χ0n) is 13.8. The third-order valence-corrected chi connectivity index (χ3v) is 3.94. The molecule has 2 N–H and O–H groups in total. The van der Waals surface area contributed by atoms with E-state index in [1.807, 2.05) is 45.0 Å². The van der Waals surface area contributed by atoms with E-state index in [2.05, 4.69) is 4.98 Å². The van der Waals surface area contributed by atoms with E-state index in [9.17, 15) is 4.79 Å². The lowest BCUT2D eigenvalue weighted by molar-refractivity contribution is -0.152. The first-order chi connectivity index (χ1) is 10.9. The van der Waals surface area contributed by atoms with Crippen LogP contribution in [-0.4, -0.2) is 23.7 Å². The Balaban J connectivity index is 2.00. The number of ether oxygens (including phenoxy) is 2. The summed E-state index contributed by atoms with van der Waals surface area (Å²) >= 11 is 1.46. The zero-order chi connectivity index (χ0) is 17.0. The van der Waals surface area contributed by atoms with Crippen molar-refractivity contribution in [3.63, 3.8) is 0 Å². The molecule has 0 aliphatic carbocycles. The number of nitrogen functional groups attached to an aromatic ring is 1. The van der Waals surface area contributed by atoms with Gasteiger partial charge in [-0.1, -0.05) is 13.8 Å². The predicted octanol–water partition coefficient (Wildman–Crippen LogP) is 3.67. The molecule has 1 heterocycles. The van der Waals surface area contributed by atoms with Crippen LogP contribution in [-0.2, 0) is 9.53 Å². The lowest BCUT2D eigenvalue weighted by Gasteiger charge is -2.15. The molecular formula is C17H22N2O3S. The third kappa shape index (κ3) is 4.69. The van der Waals surface area contributed by atoms with Crippen LogP contribution < -0.4 is 10.5 Å². The number of aryl methyl sites for hydroxylation is 1. The van der Waals surface area contributed by atoms with Gasteiger partial charge in [0.05, 0.1) is 12.3 Å². The van der Waals surface area contributed by atoms with E-state index >= 15 is 0 Å². The Morgan fingerprint density at radius 1 is 1.26 bits per heavy atom. The van der Waals surface area contributed by atoms with Gasteiger partial charge in [0.2, 0.25) is 0 Å². The number of hydrogen-bond acceptors (Lipinski definition) is 6. The molecule has 0 saturated heterocycles. The molecular weight excluding hydrogens is 312 g/mol. The highest BCUT2D eigenvalue weighted by atomic mass is 32.1. The van der Waals surface area contributed by atoms with Gasteiger partial charge in [-0.2, -0.15) is 0 Å². The first-order valence-electron chi connectivity index (χ1n) is 7.53. The molecule has 0 fully saturated rings. The largest absolute Gasteiger partial charge is 0.479 e. The summed E-state index contributed by atoms with van der Waals surface area (Å²) in [6.07, 6.45) is -0.642. The number of rotatable bonds is 6. The molecule has 124 valence electrons. The van der Waals surface area contributed by atoms with E-state index in [1.165, 1.54) is 11.3 Å². The first-order valence-corrected chi connectivity index (χ1v) is 8.35. The first kappa shape index (κ1) is 17.3. The second kappa shape index (κ2) is 7.46. The van der Waals surface area contributed by atoms with Crippen molar-refractivity contribution >= 4 is 22.4 Å². The molecule has 23 heavy (non-hydrogen) atoms. The molecule has 2 rings (SSSR count). The predicted molar refractivity (Wildman–Crippen MR) is 92.6 cm³/mol. The summed E-state index contributed by atoms with van der Waals surface area (Å²) in [4.78, 5) is 17.2. The fourth-order valence-corrected chi connectivity index (χ4v) is 2.71. The Kier molecular flexibility index (Phi) is 5.60. The van der Waals surface area contributed by atoms with E-state index in [0.29, 0.717) is 23.4 Å². The van der Waals surface area contributed by atoms with E-state index in [0.717, 1.165) is 16.1 Å². The fraction of sp³-hybridized carbons (Fsp3) is 0.412. The molecule has 0 spiro atoms. The number of aromatic nitrogens is 1. The normalized spacial score (nSPS) is 12.2. The molecule has 0 aliphatic rings. The van der Waals surface area contributed by atoms with Crippen LogP contribution in [0.15, 0.2) is 24.3 Å². The molecule has 2 aromatic rings. The van der Waals surface area contributed by atoms with E-state index < -0.39 is 6.10 Å². The summed E-state index contributed by atoms with van der Waals surface area (Å²) in [5.41, 5.74) is 7.58. The number of thiazole rings is 1. The minimum Gasteiger partial charge on any atom is -0.479 e. The van der Waals surface area contributed by atoms with Gasteiger partial charge in [-0.3, -0.25) is 0 Å². The maximum atomic E-state index is 11.8. The molecule has 0 amide bonds. The molecule has 0 aliphatic heterocycles. The lowest BCUT2D eigenvalue weighted by atomic mass is 10.1. The number of hydrogen-bond donors (Lipinski definition) is 1. The summed E-state index contributed by atoms with van der Waals surface area (Å²) in [6.45, 7) is 8.05. The summed E-state index contributed by atoms with van der Waals surface area (Å²) < 4.78 is 10.8. The fourth-order valence-electron chi connectivity index (χ4n) is 1.99. The third-order valence-electron chi connectivity index (χ3n) is 3.14. The van der Waals surface area contributed by atoms with Gasteiger partial charge in [0.1, 0.15) is 5.75 Å². The van der Waals surface area contributed by atoms with Crippen LogP contribution in [0, 0.1) is 12.8 Å². The number of benzene rings is 1. The number of nitrogens with two attached hydrogens (primary N) is 1. The molecule has 0 radical (unpaired) electrons. The lowest BCUT2D eigenvalue weighted by Crippen LogP contribution is -2.27. The molecule has 1 unspecified atom stereocenters. The monoisotopic (exact) mass is 334 g/mol. The Morgan fingerprint density at radius 3 is 2.43 bits per heavy atom. The quantitative estimate of drug-likeness (QED) is 0.816. The molecule has 0 saturated carbocycles. The van der Waals surface area contributed by atoms with Crippen LogP contribution in [0.4, 0.5) is 5.13 Å². The van der Waals surface area contributed by atoms with Gasteiger partial charge in [-0.15, -0.1) is 11.3 Å². The van der Waals surface area contributed by atoms with Gasteiger partial charge < -0.3 is 15.2 Å². The minimum absolute atomic E-state index is 0.305. The van der Waals surface area contributed by atoms with E-state index in [1.54, 1.807) is 6.92 Å². The van der Waals surface area contributed by atoms with Gasteiger partial charge in [0.15, 0.2) is 11.2 Å². The summed E-state index contributed by atoms with van der Waals surface area (Å²) in [5.74, 6) is 0.564. The van der Waals surface area contributed by atoms with Gasteiger partial charge in [0.25, 0.3) is 0 Å². The molecule has 1 aromatic carbocycles. The highest BCUT2D eigenvalue weighted by Crippen LogP contribution is 2.29. The number of anilines is 1. The van der Waals surface area contributed by atoms with Crippen LogP contribution in [0.25, 0.3) is 11.3 Å². The Hall–Kier alpha value is -2.08. The van der Waals surface area contributed by atoms with Crippen molar-refractivity contribution in [3.05, 3.63) is 29.1 Å². The average Bonchev–Trinajstić information content (AvgIpc) is 2.84. The van der Waals surface area contributed by atoms with Crippen molar-refractivity contribution in [2.75, 3.05) is 12.3 Å². The average molecular weight is 334 g/mol. The second-order valence-corrected chi connectivity index (χ2v) is 7.00. The number of nitrogens with zero attached hydrogens (tertiary/aromatic N) is 1. The molecule has 0 bridgehead atoms. The van der Waals surface area contributed by atoms with Crippen molar-refractivity contribution < 1.29 is 14.3 Å². The summed E-state index contributed by atoms with van der Waals surface area (Å²) in [6, 6.07) is 7.44. The Morgan fingerprint density at radius 2 is 1.91 bits per heavy atom. The minimum atomic E-state index is -0.642. The van der Waals surface area contributed by atoms with E-state index in [4.69, 9.17) is 15.2 Å². The van der Waals surface area contributed by atoms with Gasteiger partial charge >= 0.3 is 5.97 Å². The zero-order valence-corrected chi connectivity index (χ0v) is 14.6. The molecule has 1 atom stereocenters. The summed E-state index contributed by atoms with van der Waals surface area (Å²) in [5, 5.41) is 0.555. The van der Waals surface area contributed by atoms with E-state index in [-0.39, 0.29) is 5.97 Å². The Labute approximate surface area is 140 Å². The van der Waals surface area contributed by atoms with Crippen LogP contribution in [0.1, 0.15) is 25.6 Å². The highest BCUT2D eigenvalue weighted by Gasteiger charge is 2.17. The van der Waals surface area contributed by atoms with Crippen molar-refractivity contribution in [1.82, 2.24) is 4.98 Å². The number of esters is 1. The van der Waals surface area contributed by atoms with Crippen LogP contribution in [0.3, 0.4) is 0 Å². The maximum Gasteiger partial charge on any atom is 0.347 e. The van der Waals surface area contributed by atoms with Gasteiger partial charge in [0, 0.05) is 10.4 Å². The number of carbonyl (C=O) groups is 1. The summed E-state index contributed by atoms with van der Waals surface area (Å²) in [7, 11) is 0. The number of carbonyl (C=O) groups excluding carboxylic acids is 1. The van der Waals surface area contributed by atoms with Gasteiger partial charge in [-0.25, -0.2) is 9.78 Å². The molecule has 1 aromatic heterocycles. The van der Waals surface area contributed by atoms with Crippen molar-refractivity contribution in [2.24, 2.45) is 5.92 Å². The maximum absolute atomic E-state index is 11.8. The SMILES string of the molecule is Cc1sc(N)nc1-c1ccc(OC(C)C(=O)OCC(C)C)cc1. The second-order valence-electron chi connectivity index (χ2n) is 5.77. The van der Waals surface area contributed by atoms with Crippen molar-refractivity contribution in [1.29, 1.82) is 0 Å². The van der Waals surface area contributed by atoms with Crippen LogP contribution in [0.2, 0.25) is 0 Å². The molecule has 5 nitrogen and oxygen atoms in total. The standard InChI is InChI=1S/C17H22N2O3S/c1-10(2)9-21-16(20)11(3)22-14-7-5-13(6-8-14)15-12(4)23-17(18)19-15/h5-8,10-11H,9H2,1-4H3,(H2,18,19). The van der Waals surface area contributed by atoms with Crippen molar-refractivity contribution in [3.8, 4) is 17.0 Å². The Bertz CT molecular complexity index is 665. The van der Waals surface area contributed by atoms with Gasteiger partial charge in [-0.05, 0) is 44.0 Å². The smallest absolute Gasteiger partial charge is 0.347 e. The topological polar surface area (TPSA) is 74.4 Å². The highest BCUT2D eigenvalue weighted by molar-refractivity contribution is 7.15. The van der Waals surface area contributed by atoms with Crippen LogP contribution in [0.5, 0.6) is 5.75 Å².